The van der Waals surface area contributed by atoms with Crippen molar-refractivity contribution >= 4 is 11.7 Å². The van der Waals surface area contributed by atoms with Gasteiger partial charge < -0.3 is 15.7 Å². The van der Waals surface area contributed by atoms with Crippen LogP contribution < -0.4 is 10.6 Å². The number of carbonyl (C=O) groups excluding carboxylic acids is 1. The lowest BCUT2D eigenvalue weighted by molar-refractivity contribution is -0.0287. The first-order valence-electron chi connectivity index (χ1n) is 6.74. The van der Waals surface area contributed by atoms with Gasteiger partial charge in [-0.05, 0) is 32.1 Å². The van der Waals surface area contributed by atoms with Crippen LogP contribution in [-0.2, 0) is 0 Å². The third-order valence-electron chi connectivity index (χ3n) is 3.73. The molecule has 2 saturated carbocycles. The zero-order chi connectivity index (χ0) is 13.3. The van der Waals surface area contributed by atoms with Crippen LogP contribution in [0.2, 0.25) is 0 Å². The maximum Gasteiger partial charge on any atom is 0.319 e. The number of hydrogen-bond donors (Lipinski definition) is 3. The molecule has 19 heavy (non-hydrogen) atoms. The summed E-state index contributed by atoms with van der Waals surface area (Å²) in [5, 5.41) is 15.2. The number of hydrogen-bond acceptors (Lipinski definition) is 4. The highest BCUT2D eigenvalue weighted by atomic mass is 16.3. The van der Waals surface area contributed by atoms with Gasteiger partial charge >= 0.3 is 6.03 Å². The summed E-state index contributed by atoms with van der Waals surface area (Å²) < 4.78 is 0. The summed E-state index contributed by atoms with van der Waals surface area (Å²) in [6, 6.07) is -0.330. The van der Waals surface area contributed by atoms with Crippen LogP contribution in [-0.4, -0.2) is 33.3 Å². The predicted molar refractivity (Wildman–Crippen MR) is 69.8 cm³/mol. The summed E-state index contributed by atoms with van der Waals surface area (Å²) in [5.74, 6) is 1.37. The van der Waals surface area contributed by atoms with Gasteiger partial charge in [0.25, 0.3) is 0 Å². The fourth-order valence-electron chi connectivity index (χ4n) is 2.14. The van der Waals surface area contributed by atoms with E-state index in [0.717, 1.165) is 37.9 Å². The quantitative estimate of drug-likeness (QED) is 0.765. The van der Waals surface area contributed by atoms with Crippen LogP contribution in [0.25, 0.3) is 0 Å². The van der Waals surface area contributed by atoms with Gasteiger partial charge in [0.2, 0.25) is 0 Å². The number of nitrogens with one attached hydrogen (secondary N) is 2. The molecule has 6 nitrogen and oxygen atoms in total. The average Bonchev–Trinajstić information content (AvgIpc) is 3.19. The van der Waals surface area contributed by atoms with Gasteiger partial charge in [-0.15, -0.1) is 0 Å². The Morgan fingerprint density at radius 2 is 2.05 bits per heavy atom. The number of aromatic nitrogens is 2. The Morgan fingerprint density at radius 1 is 1.37 bits per heavy atom. The molecule has 1 heterocycles. The molecule has 0 bridgehead atoms. The van der Waals surface area contributed by atoms with Gasteiger partial charge in [0, 0.05) is 12.5 Å². The van der Waals surface area contributed by atoms with Crippen LogP contribution >= 0.6 is 0 Å². The van der Waals surface area contributed by atoms with Crippen LogP contribution in [0.15, 0.2) is 12.4 Å². The standard InChI is InChI=1S/C13H18N4O2/c18-12(16-8-13(19)4-1-5-13)17-10-6-14-11(15-7-10)9-2-3-9/h6-7,9,19H,1-5,8H2,(H2,16,17,18). The normalized spacial score (nSPS) is 20.5. The molecule has 3 rings (SSSR count). The van der Waals surface area contributed by atoms with Crippen LogP contribution in [0.5, 0.6) is 0 Å². The van der Waals surface area contributed by atoms with E-state index in [1.54, 1.807) is 12.4 Å². The van der Waals surface area contributed by atoms with Gasteiger partial charge in [-0.25, -0.2) is 14.8 Å². The number of aliphatic hydroxyl groups is 1. The molecule has 2 fully saturated rings. The monoisotopic (exact) mass is 262 g/mol. The Hall–Kier alpha value is -1.69. The highest BCUT2D eigenvalue weighted by Gasteiger charge is 2.34. The van der Waals surface area contributed by atoms with E-state index in [1.807, 2.05) is 0 Å². The van der Waals surface area contributed by atoms with E-state index in [2.05, 4.69) is 20.6 Å². The number of nitrogens with zero attached hydrogens (tertiary/aromatic N) is 2. The Balaban J connectivity index is 1.48. The first-order valence-corrected chi connectivity index (χ1v) is 6.74. The minimum Gasteiger partial charge on any atom is -0.388 e. The molecule has 0 aliphatic heterocycles. The Kier molecular flexibility index (Phi) is 3.10. The van der Waals surface area contributed by atoms with Crippen molar-refractivity contribution < 1.29 is 9.90 Å². The smallest absolute Gasteiger partial charge is 0.319 e. The molecule has 2 aliphatic rings. The molecule has 0 atom stereocenters. The predicted octanol–water partition coefficient (Wildman–Crippen LogP) is 1.39. The van der Waals surface area contributed by atoms with Crippen molar-refractivity contribution in [1.29, 1.82) is 0 Å². The van der Waals surface area contributed by atoms with Crippen LogP contribution in [0.3, 0.4) is 0 Å². The molecule has 2 aliphatic carbocycles. The molecule has 1 aromatic rings. The summed E-state index contributed by atoms with van der Waals surface area (Å²) in [6.07, 6.45) is 8.10. The molecule has 2 amide bonds. The molecule has 0 radical (unpaired) electrons. The lowest BCUT2D eigenvalue weighted by atomic mass is 9.80. The second-order valence-corrected chi connectivity index (χ2v) is 5.49. The largest absolute Gasteiger partial charge is 0.388 e. The molecule has 0 spiro atoms. The number of rotatable bonds is 4. The number of amides is 2. The van der Waals surface area contributed by atoms with E-state index < -0.39 is 5.60 Å². The summed E-state index contributed by atoms with van der Waals surface area (Å²) in [4.78, 5) is 20.1. The number of urea groups is 1. The van der Waals surface area contributed by atoms with Crippen molar-refractivity contribution in [3.63, 3.8) is 0 Å². The summed E-state index contributed by atoms with van der Waals surface area (Å²) in [7, 11) is 0. The third-order valence-corrected chi connectivity index (χ3v) is 3.73. The lowest BCUT2D eigenvalue weighted by Gasteiger charge is -2.36. The van der Waals surface area contributed by atoms with Crippen molar-refractivity contribution in [3.8, 4) is 0 Å². The van der Waals surface area contributed by atoms with Crippen LogP contribution in [0, 0.1) is 0 Å². The molecule has 0 unspecified atom stereocenters. The zero-order valence-electron chi connectivity index (χ0n) is 10.7. The van der Waals surface area contributed by atoms with Crippen molar-refractivity contribution in [2.24, 2.45) is 0 Å². The second-order valence-electron chi connectivity index (χ2n) is 5.49. The van der Waals surface area contributed by atoms with Gasteiger partial charge in [-0.1, -0.05) is 0 Å². The fourth-order valence-corrected chi connectivity index (χ4v) is 2.14. The Bertz CT molecular complexity index is 466. The molecular formula is C13H18N4O2. The minimum absolute atomic E-state index is 0.292. The molecule has 102 valence electrons. The number of carbonyl (C=O) groups is 1. The van der Waals surface area contributed by atoms with E-state index in [0.29, 0.717) is 18.2 Å². The molecule has 6 heteroatoms. The van der Waals surface area contributed by atoms with Gasteiger partial charge in [-0.3, -0.25) is 0 Å². The van der Waals surface area contributed by atoms with Gasteiger partial charge in [-0.2, -0.15) is 0 Å². The van der Waals surface area contributed by atoms with Gasteiger partial charge in [0.05, 0.1) is 23.7 Å². The lowest BCUT2D eigenvalue weighted by Crippen LogP contribution is -2.48. The summed E-state index contributed by atoms with van der Waals surface area (Å²) in [5.41, 5.74) is -0.133. The third kappa shape index (κ3) is 3.01. The van der Waals surface area contributed by atoms with Crippen molar-refractivity contribution in [1.82, 2.24) is 15.3 Å². The van der Waals surface area contributed by atoms with Gasteiger partial charge in [0.1, 0.15) is 5.82 Å². The molecule has 0 saturated heterocycles. The van der Waals surface area contributed by atoms with E-state index >= 15 is 0 Å². The van der Waals surface area contributed by atoms with E-state index in [4.69, 9.17) is 0 Å². The second kappa shape index (κ2) is 4.77. The van der Waals surface area contributed by atoms with E-state index in [9.17, 15) is 9.90 Å². The zero-order valence-corrected chi connectivity index (χ0v) is 10.7. The average molecular weight is 262 g/mol. The van der Waals surface area contributed by atoms with E-state index in [-0.39, 0.29) is 6.03 Å². The first kappa shape index (κ1) is 12.3. The van der Waals surface area contributed by atoms with Gasteiger partial charge in [0.15, 0.2) is 0 Å². The maximum atomic E-state index is 11.6. The highest BCUT2D eigenvalue weighted by Crippen LogP contribution is 2.37. The van der Waals surface area contributed by atoms with Crippen molar-refractivity contribution in [2.45, 2.75) is 43.6 Å². The first-order chi connectivity index (χ1) is 9.15. The summed E-state index contributed by atoms with van der Waals surface area (Å²) >= 11 is 0. The summed E-state index contributed by atoms with van der Waals surface area (Å²) in [6.45, 7) is 0.292. The number of anilines is 1. The van der Waals surface area contributed by atoms with E-state index in [1.165, 1.54) is 0 Å². The Morgan fingerprint density at radius 3 is 2.58 bits per heavy atom. The topological polar surface area (TPSA) is 87.1 Å². The molecule has 0 aromatic carbocycles. The van der Waals surface area contributed by atoms with Crippen LogP contribution in [0.1, 0.15) is 43.8 Å². The molecular weight excluding hydrogens is 244 g/mol. The minimum atomic E-state index is -0.705. The van der Waals surface area contributed by atoms with Crippen molar-refractivity contribution in [2.75, 3.05) is 11.9 Å². The highest BCUT2D eigenvalue weighted by molar-refractivity contribution is 5.88. The maximum absolute atomic E-state index is 11.6. The van der Waals surface area contributed by atoms with Crippen LogP contribution in [0.4, 0.5) is 10.5 Å². The van der Waals surface area contributed by atoms with Crippen molar-refractivity contribution in [3.05, 3.63) is 18.2 Å². The molecule has 3 N–H and O–H groups in total. The Labute approximate surface area is 111 Å². The molecule has 1 aromatic heterocycles. The fraction of sp³-hybridized carbons (Fsp3) is 0.615. The SMILES string of the molecule is O=C(NCC1(O)CCC1)Nc1cnc(C2CC2)nc1.